The van der Waals surface area contributed by atoms with Crippen LogP contribution in [0.4, 0.5) is 0 Å². The molecular formula is C12H22N4. The molecule has 0 aromatic carbocycles. The summed E-state index contributed by atoms with van der Waals surface area (Å²) >= 11 is 0. The van der Waals surface area contributed by atoms with Gasteiger partial charge in [-0.3, -0.25) is 4.68 Å². The number of rotatable bonds is 4. The maximum Gasteiger partial charge on any atom is 0.151 e. The molecule has 0 unspecified atom stereocenters. The van der Waals surface area contributed by atoms with E-state index >= 15 is 0 Å². The van der Waals surface area contributed by atoms with E-state index in [1.165, 1.54) is 38.5 Å². The monoisotopic (exact) mass is 222 g/mol. The Bertz CT molecular complexity index is 300. The van der Waals surface area contributed by atoms with Gasteiger partial charge in [-0.1, -0.05) is 25.7 Å². The van der Waals surface area contributed by atoms with Crippen LogP contribution in [0.25, 0.3) is 0 Å². The highest BCUT2D eigenvalue weighted by molar-refractivity contribution is 4.83. The van der Waals surface area contributed by atoms with E-state index in [1.54, 1.807) is 11.0 Å². The van der Waals surface area contributed by atoms with Crippen molar-refractivity contribution >= 4 is 0 Å². The molecule has 0 atom stereocenters. The summed E-state index contributed by atoms with van der Waals surface area (Å²) in [6.45, 7) is 1.01. The zero-order valence-electron chi connectivity index (χ0n) is 10.2. The molecule has 0 saturated heterocycles. The molecule has 0 amide bonds. The Morgan fingerprint density at radius 1 is 1.31 bits per heavy atom. The summed E-state index contributed by atoms with van der Waals surface area (Å²) in [5.41, 5.74) is 0. The lowest BCUT2D eigenvalue weighted by molar-refractivity contribution is 0.460. The third kappa shape index (κ3) is 3.59. The molecule has 0 aliphatic heterocycles. The van der Waals surface area contributed by atoms with E-state index in [1.807, 2.05) is 7.05 Å². The van der Waals surface area contributed by atoms with Crippen molar-refractivity contribution in [2.24, 2.45) is 7.05 Å². The molecular weight excluding hydrogens is 200 g/mol. The third-order valence-electron chi connectivity index (χ3n) is 3.28. The second-order valence-electron chi connectivity index (χ2n) is 4.73. The Labute approximate surface area is 97.5 Å². The molecule has 1 aromatic heterocycles. The van der Waals surface area contributed by atoms with E-state index in [-0.39, 0.29) is 0 Å². The molecule has 1 aliphatic rings. The van der Waals surface area contributed by atoms with Gasteiger partial charge < -0.3 is 5.32 Å². The van der Waals surface area contributed by atoms with Crippen LogP contribution in [0.1, 0.15) is 44.3 Å². The van der Waals surface area contributed by atoms with E-state index in [0.29, 0.717) is 0 Å². The van der Waals surface area contributed by atoms with Gasteiger partial charge in [0, 0.05) is 26.1 Å². The molecule has 1 saturated carbocycles. The van der Waals surface area contributed by atoms with Gasteiger partial charge in [-0.15, -0.1) is 0 Å². The van der Waals surface area contributed by atoms with E-state index in [2.05, 4.69) is 15.4 Å². The first-order valence-electron chi connectivity index (χ1n) is 6.42. The highest BCUT2D eigenvalue weighted by Gasteiger charge is 2.11. The molecule has 0 bridgehead atoms. The predicted octanol–water partition coefficient (Wildman–Crippen LogP) is 1.67. The SMILES string of the molecule is Cn1cnc(CCNC2CCCCCC2)n1. The molecule has 1 N–H and O–H groups in total. The van der Waals surface area contributed by atoms with E-state index in [9.17, 15) is 0 Å². The Kier molecular flexibility index (Phi) is 4.34. The molecule has 0 spiro atoms. The average Bonchev–Trinajstić information content (AvgIpc) is 2.54. The second kappa shape index (κ2) is 5.99. The maximum absolute atomic E-state index is 4.28. The Hall–Kier alpha value is -0.900. The summed E-state index contributed by atoms with van der Waals surface area (Å²) in [6.07, 6.45) is 11.0. The standard InChI is InChI=1S/C12H22N4/c1-16-10-14-12(15-16)8-9-13-11-6-4-2-3-5-7-11/h10-11,13H,2-9H2,1H3. The summed E-state index contributed by atoms with van der Waals surface area (Å²) in [5, 5.41) is 7.91. The van der Waals surface area contributed by atoms with Crippen LogP contribution in [0.15, 0.2) is 6.33 Å². The molecule has 16 heavy (non-hydrogen) atoms. The smallest absolute Gasteiger partial charge is 0.151 e. The van der Waals surface area contributed by atoms with Crippen LogP contribution in [0, 0.1) is 0 Å². The molecule has 1 fully saturated rings. The average molecular weight is 222 g/mol. The zero-order chi connectivity index (χ0) is 11.2. The molecule has 1 aromatic rings. The van der Waals surface area contributed by atoms with Gasteiger partial charge >= 0.3 is 0 Å². The van der Waals surface area contributed by atoms with Gasteiger partial charge in [-0.2, -0.15) is 5.10 Å². The number of hydrogen-bond acceptors (Lipinski definition) is 3. The fraction of sp³-hybridized carbons (Fsp3) is 0.833. The summed E-state index contributed by atoms with van der Waals surface area (Å²) in [7, 11) is 1.91. The lowest BCUT2D eigenvalue weighted by Gasteiger charge is -2.15. The Morgan fingerprint density at radius 2 is 2.06 bits per heavy atom. The van der Waals surface area contributed by atoms with Crippen LogP contribution in [-0.2, 0) is 13.5 Å². The van der Waals surface area contributed by atoms with Crippen molar-refractivity contribution in [3.8, 4) is 0 Å². The van der Waals surface area contributed by atoms with Crippen LogP contribution in [0.3, 0.4) is 0 Å². The highest BCUT2D eigenvalue weighted by atomic mass is 15.3. The number of hydrogen-bond donors (Lipinski definition) is 1. The van der Waals surface area contributed by atoms with Crippen LogP contribution in [-0.4, -0.2) is 27.4 Å². The van der Waals surface area contributed by atoms with Gasteiger partial charge in [-0.25, -0.2) is 4.98 Å². The third-order valence-corrected chi connectivity index (χ3v) is 3.28. The largest absolute Gasteiger partial charge is 0.314 e. The summed E-state index contributed by atoms with van der Waals surface area (Å²) < 4.78 is 1.76. The lowest BCUT2D eigenvalue weighted by Crippen LogP contribution is -2.30. The van der Waals surface area contributed by atoms with Crippen LogP contribution in [0.5, 0.6) is 0 Å². The van der Waals surface area contributed by atoms with Gasteiger partial charge in [0.2, 0.25) is 0 Å². The fourth-order valence-electron chi connectivity index (χ4n) is 2.37. The van der Waals surface area contributed by atoms with Crippen molar-refractivity contribution in [3.63, 3.8) is 0 Å². The fourth-order valence-corrected chi connectivity index (χ4v) is 2.37. The molecule has 90 valence electrons. The van der Waals surface area contributed by atoms with E-state index in [0.717, 1.165) is 24.8 Å². The first-order valence-corrected chi connectivity index (χ1v) is 6.42. The van der Waals surface area contributed by atoms with Crippen LogP contribution >= 0.6 is 0 Å². The van der Waals surface area contributed by atoms with Crippen molar-refractivity contribution in [2.75, 3.05) is 6.54 Å². The minimum atomic E-state index is 0.728. The second-order valence-corrected chi connectivity index (χ2v) is 4.73. The Morgan fingerprint density at radius 3 is 2.69 bits per heavy atom. The van der Waals surface area contributed by atoms with Gasteiger partial charge in [0.25, 0.3) is 0 Å². The first-order chi connectivity index (χ1) is 7.84. The maximum atomic E-state index is 4.28. The highest BCUT2D eigenvalue weighted by Crippen LogP contribution is 2.16. The molecule has 2 rings (SSSR count). The normalized spacial score (nSPS) is 18.6. The van der Waals surface area contributed by atoms with E-state index in [4.69, 9.17) is 0 Å². The lowest BCUT2D eigenvalue weighted by atomic mass is 10.1. The minimum Gasteiger partial charge on any atom is -0.314 e. The predicted molar refractivity (Wildman–Crippen MR) is 64.2 cm³/mol. The van der Waals surface area contributed by atoms with Gasteiger partial charge in [0.1, 0.15) is 6.33 Å². The summed E-state index contributed by atoms with van der Waals surface area (Å²) in [6, 6.07) is 0.728. The van der Waals surface area contributed by atoms with Crippen LogP contribution in [0.2, 0.25) is 0 Å². The zero-order valence-corrected chi connectivity index (χ0v) is 10.2. The topological polar surface area (TPSA) is 42.7 Å². The number of nitrogens with one attached hydrogen (secondary N) is 1. The molecule has 4 nitrogen and oxygen atoms in total. The molecule has 4 heteroatoms. The molecule has 0 radical (unpaired) electrons. The van der Waals surface area contributed by atoms with Crippen molar-refractivity contribution in [2.45, 2.75) is 51.0 Å². The number of aromatic nitrogens is 3. The number of aryl methyl sites for hydroxylation is 1. The van der Waals surface area contributed by atoms with Crippen molar-refractivity contribution in [1.29, 1.82) is 0 Å². The number of nitrogens with zero attached hydrogens (tertiary/aromatic N) is 3. The van der Waals surface area contributed by atoms with Crippen molar-refractivity contribution in [1.82, 2.24) is 20.1 Å². The van der Waals surface area contributed by atoms with Crippen molar-refractivity contribution in [3.05, 3.63) is 12.2 Å². The van der Waals surface area contributed by atoms with Gasteiger partial charge in [0.15, 0.2) is 5.82 Å². The Balaban J connectivity index is 1.67. The van der Waals surface area contributed by atoms with Gasteiger partial charge in [-0.05, 0) is 12.8 Å². The first kappa shape index (κ1) is 11.6. The molecule has 1 aliphatic carbocycles. The van der Waals surface area contributed by atoms with E-state index < -0.39 is 0 Å². The summed E-state index contributed by atoms with van der Waals surface area (Å²) in [4.78, 5) is 4.23. The quantitative estimate of drug-likeness (QED) is 0.788. The van der Waals surface area contributed by atoms with Crippen LogP contribution < -0.4 is 5.32 Å². The minimum absolute atomic E-state index is 0.728. The summed E-state index contributed by atoms with van der Waals surface area (Å²) in [5.74, 6) is 0.948. The van der Waals surface area contributed by atoms with Crippen molar-refractivity contribution < 1.29 is 0 Å². The van der Waals surface area contributed by atoms with Gasteiger partial charge in [0.05, 0.1) is 0 Å². The molecule has 1 heterocycles.